The third-order valence-corrected chi connectivity index (χ3v) is 5.51. The first kappa shape index (κ1) is 18.5. The maximum atomic E-state index is 12.8. The van der Waals surface area contributed by atoms with Gasteiger partial charge in [0.2, 0.25) is 0 Å². The lowest BCUT2D eigenvalue weighted by Gasteiger charge is -2.35. The summed E-state index contributed by atoms with van der Waals surface area (Å²) in [6, 6.07) is 10.1. The van der Waals surface area contributed by atoms with Crippen molar-refractivity contribution >= 4 is 5.91 Å². The topological polar surface area (TPSA) is 75.6 Å². The Balaban J connectivity index is 1.65. The van der Waals surface area contributed by atoms with Gasteiger partial charge in [0.1, 0.15) is 5.69 Å². The molecule has 1 atom stereocenters. The highest BCUT2D eigenvalue weighted by Crippen LogP contribution is 2.41. The zero-order chi connectivity index (χ0) is 19.9. The highest BCUT2D eigenvalue weighted by atomic mass is 16.2. The van der Waals surface area contributed by atoms with Gasteiger partial charge < -0.3 is 5.32 Å². The van der Waals surface area contributed by atoms with Gasteiger partial charge in [-0.2, -0.15) is 10.2 Å². The Morgan fingerprint density at radius 3 is 2.75 bits per heavy atom. The summed E-state index contributed by atoms with van der Waals surface area (Å²) in [6.45, 7) is 8.59. The van der Waals surface area contributed by atoms with E-state index in [9.17, 15) is 4.79 Å². The van der Waals surface area contributed by atoms with E-state index in [1.54, 1.807) is 0 Å². The number of rotatable bonds is 4. The molecule has 0 fully saturated rings. The first-order chi connectivity index (χ1) is 13.4. The van der Waals surface area contributed by atoms with Crippen LogP contribution in [0.1, 0.15) is 66.2 Å². The van der Waals surface area contributed by atoms with Crippen LogP contribution in [0.15, 0.2) is 36.5 Å². The molecule has 1 amide bonds. The maximum absolute atomic E-state index is 12.8. The van der Waals surface area contributed by atoms with E-state index in [0.717, 1.165) is 36.2 Å². The van der Waals surface area contributed by atoms with Crippen molar-refractivity contribution < 1.29 is 4.79 Å². The zero-order valence-corrected chi connectivity index (χ0v) is 16.9. The highest BCUT2D eigenvalue weighted by molar-refractivity contribution is 5.92. The average molecular weight is 377 g/mol. The number of carbonyl (C=O) groups is 1. The average Bonchev–Trinajstić information content (AvgIpc) is 3.28. The minimum atomic E-state index is -0.146. The molecule has 0 aliphatic heterocycles. The molecule has 0 bridgehead atoms. The highest BCUT2D eigenvalue weighted by Gasteiger charge is 2.36. The smallest absolute Gasteiger partial charge is 0.272 e. The standard InChI is InChI=1S/C22H27N5O/c1-5-15-10-18(26-25-15)21(28)24-19-11-22(3,4)12-20-17(19)13-23-27(20)16-8-6-14(2)7-9-16/h6-10,13,19H,5,11-12H2,1-4H3,(H,24,28)(H,25,26)/t19-/m1/s1. The number of amides is 1. The summed E-state index contributed by atoms with van der Waals surface area (Å²) in [7, 11) is 0. The van der Waals surface area contributed by atoms with Crippen LogP contribution in [0.25, 0.3) is 5.69 Å². The van der Waals surface area contributed by atoms with Gasteiger partial charge in [-0.25, -0.2) is 4.68 Å². The molecule has 0 spiro atoms. The van der Waals surface area contributed by atoms with Crippen LogP contribution in [0.5, 0.6) is 0 Å². The third-order valence-electron chi connectivity index (χ3n) is 5.51. The molecule has 0 unspecified atom stereocenters. The molecule has 3 aromatic rings. The number of nitrogens with one attached hydrogen (secondary N) is 2. The molecule has 6 heteroatoms. The number of nitrogens with zero attached hydrogens (tertiary/aromatic N) is 3. The summed E-state index contributed by atoms with van der Waals surface area (Å²) in [5.74, 6) is -0.146. The molecule has 1 aliphatic carbocycles. The second-order valence-electron chi connectivity index (χ2n) is 8.50. The lowest BCUT2D eigenvalue weighted by molar-refractivity contribution is 0.0914. The number of hydrogen-bond acceptors (Lipinski definition) is 3. The molecular weight excluding hydrogens is 350 g/mol. The van der Waals surface area contributed by atoms with Crippen LogP contribution in [0.2, 0.25) is 0 Å². The van der Waals surface area contributed by atoms with Gasteiger partial charge >= 0.3 is 0 Å². The molecular formula is C22H27N5O. The second kappa shape index (κ2) is 6.93. The normalized spacial score (nSPS) is 17.9. The number of aryl methyl sites for hydroxylation is 2. The van der Waals surface area contributed by atoms with Crippen LogP contribution in [0.4, 0.5) is 0 Å². The van der Waals surface area contributed by atoms with Crippen molar-refractivity contribution in [2.45, 2.75) is 53.0 Å². The largest absolute Gasteiger partial charge is 0.344 e. The molecule has 2 aromatic heterocycles. The van der Waals surface area contributed by atoms with Crippen molar-refractivity contribution in [3.8, 4) is 5.69 Å². The molecule has 2 heterocycles. The van der Waals surface area contributed by atoms with Crippen LogP contribution in [-0.4, -0.2) is 25.9 Å². The van der Waals surface area contributed by atoms with Gasteiger partial charge in [0, 0.05) is 11.3 Å². The molecule has 0 radical (unpaired) electrons. The predicted octanol–water partition coefficient (Wildman–Crippen LogP) is 3.91. The number of aromatic nitrogens is 4. The maximum Gasteiger partial charge on any atom is 0.272 e. The fraction of sp³-hybridized carbons (Fsp3) is 0.409. The van der Waals surface area contributed by atoms with Crippen LogP contribution in [0, 0.1) is 12.3 Å². The molecule has 2 N–H and O–H groups in total. The van der Waals surface area contributed by atoms with Crippen LogP contribution in [-0.2, 0) is 12.8 Å². The first-order valence-electron chi connectivity index (χ1n) is 9.85. The predicted molar refractivity (Wildman–Crippen MR) is 109 cm³/mol. The Morgan fingerprint density at radius 1 is 1.32 bits per heavy atom. The van der Waals surface area contributed by atoms with Gasteiger partial charge in [-0.05, 0) is 49.8 Å². The van der Waals surface area contributed by atoms with Crippen molar-refractivity contribution in [3.05, 3.63) is 64.7 Å². The number of carbonyl (C=O) groups excluding carboxylic acids is 1. The minimum absolute atomic E-state index is 0.0631. The molecule has 1 aromatic carbocycles. The van der Waals surface area contributed by atoms with Crippen LogP contribution in [0.3, 0.4) is 0 Å². The van der Waals surface area contributed by atoms with E-state index in [-0.39, 0.29) is 17.4 Å². The summed E-state index contributed by atoms with van der Waals surface area (Å²) in [5, 5.41) is 14.9. The van der Waals surface area contributed by atoms with Gasteiger partial charge in [0.05, 0.1) is 23.6 Å². The summed E-state index contributed by atoms with van der Waals surface area (Å²) in [6.07, 6.45) is 4.52. The fourth-order valence-corrected chi connectivity index (χ4v) is 3.97. The Hall–Kier alpha value is -2.89. The number of benzene rings is 1. The number of hydrogen-bond donors (Lipinski definition) is 2. The van der Waals surface area contributed by atoms with Gasteiger partial charge in [-0.3, -0.25) is 9.89 Å². The van der Waals surface area contributed by atoms with E-state index in [2.05, 4.69) is 65.6 Å². The van der Waals surface area contributed by atoms with Crippen LogP contribution < -0.4 is 5.32 Å². The summed E-state index contributed by atoms with van der Waals surface area (Å²) >= 11 is 0. The van der Waals surface area contributed by atoms with Crippen molar-refractivity contribution in [2.75, 3.05) is 0 Å². The van der Waals surface area contributed by atoms with Crippen LogP contribution >= 0.6 is 0 Å². The molecule has 0 saturated carbocycles. The van der Waals surface area contributed by atoms with Crippen molar-refractivity contribution in [2.24, 2.45) is 5.41 Å². The van der Waals surface area contributed by atoms with Gasteiger partial charge in [-0.15, -0.1) is 0 Å². The zero-order valence-electron chi connectivity index (χ0n) is 16.9. The second-order valence-corrected chi connectivity index (χ2v) is 8.50. The minimum Gasteiger partial charge on any atom is -0.344 e. The number of H-pyrrole nitrogens is 1. The third kappa shape index (κ3) is 3.46. The van der Waals surface area contributed by atoms with E-state index in [4.69, 9.17) is 0 Å². The van der Waals surface area contributed by atoms with Crippen molar-refractivity contribution in [1.82, 2.24) is 25.3 Å². The first-order valence-corrected chi connectivity index (χ1v) is 9.85. The molecule has 0 saturated heterocycles. The molecule has 146 valence electrons. The summed E-state index contributed by atoms with van der Waals surface area (Å²) in [4.78, 5) is 12.8. The molecule has 4 rings (SSSR count). The Bertz CT molecular complexity index is 996. The van der Waals surface area contributed by atoms with Crippen molar-refractivity contribution in [1.29, 1.82) is 0 Å². The monoisotopic (exact) mass is 377 g/mol. The van der Waals surface area contributed by atoms with E-state index in [0.29, 0.717) is 5.69 Å². The lowest BCUT2D eigenvalue weighted by atomic mass is 9.74. The Morgan fingerprint density at radius 2 is 2.07 bits per heavy atom. The molecule has 1 aliphatic rings. The number of fused-ring (bicyclic) bond motifs is 1. The van der Waals surface area contributed by atoms with E-state index in [1.165, 1.54) is 11.3 Å². The Labute approximate surface area is 165 Å². The quantitative estimate of drug-likeness (QED) is 0.724. The van der Waals surface area contributed by atoms with Gasteiger partial charge in [0.25, 0.3) is 5.91 Å². The van der Waals surface area contributed by atoms with Gasteiger partial charge in [0.15, 0.2) is 0 Å². The summed E-state index contributed by atoms with van der Waals surface area (Å²) in [5.41, 5.74) is 6.00. The van der Waals surface area contributed by atoms with E-state index in [1.807, 2.05) is 23.9 Å². The van der Waals surface area contributed by atoms with Crippen molar-refractivity contribution in [3.63, 3.8) is 0 Å². The fourth-order valence-electron chi connectivity index (χ4n) is 3.97. The van der Waals surface area contributed by atoms with E-state index < -0.39 is 0 Å². The van der Waals surface area contributed by atoms with E-state index >= 15 is 0 Å². The molecule has 6 nitrogen and oxygen atoms in total. The number of aromatic amines is 1. The lowest BCUT2D eigenvalue weighted by Crippen LogP contribution is -2.37. The molecule has 28 heavy (non-hydrogen) atoms. The van der Waals surface area contributed by atoms with Gasteiger partial charge in [-0.1, -0.05) is 38.5 Å². The SMILES string of the molecule is CCc1cc(C(=O)N[C@@H]2CC(C)(C)Cc3c2cnn3-c2ccc(C)cc2)n[nH]1. The summed E-state index contributed by atoms with van der Waals surface area (Å²) < 4.78 is 2.01. The Kier molecular flexibility index (Phi) is 4.57.